The molecule has 1 aliphatic heterocycles. The number of aromatic hydroxyl groups is 2. The zero-order chi connectivity index (χ0) is 11.3. The molecule has 1 aliphatic carbocycles. The third-order valence-electron chi connectivity index (χ3n) is 3.09. The van der Waals surface area contributed by atoms with Gasteiger partial charge in [0.2, 0.25) is 0 Å². The van der Waals surface area contributed by atoms with Crippen molar-refractivity contribution >= 4 is 12.3 Å². The molecule has 1 amide bonds. The molecule has 0 fully saturated rings. The van der Waals surface area contributed by atoms with E-state index >= 15 is 0 Å². The first-order chi connectivity index (χ1) is 7.61. The van der Waals surface area contributed by atoms with Gasteiger partial charge in [-0.25, -0.2) is 0 Å². The normalized spacial score (nSPS) is 20.1. The van der Waals surface area contributed by atoms with Crippen LogP contribution in [0.25, 0.3) is 0 Å². The molecule has 0 saturated heterocycles. The van der Waals surface area contributed by atoms with Crippen molar-refractivity contribution in [1.82, 2.24) is 0 Å². The van der Waals surface area contributed by atoms with E-state index in [0.29, 0.717) is 12.8 Å². The summed E-state index contributed by atoms with van der Waals surface area (Å²) in [4.78, 5) is 15.2. The highest BCUT2D eigenvalue weighted by Crippen LogP contribution is 2.40. The minimum Gasteiger partial charge on any atom is -0.504 e. The molecule has 2 aliphatic rings. The highest BCUT2D eigenvalue weighted by atomic mass is 16.5. The monoisotopic (exact) mass is 219 g/mol. The lowest BCUT2D eigenvalue weighted by Crippen LogP contribution is -2.37. The summed E-state index contributed by atoms with van der Waals surface area (Å²) in [6.07, 6.45) is 1.93. The number of fused-ring (bicyclic) bond motifs is 1. The van der Waals surface area contributed by atoms with Crippen LogP contribution in [0.3, 0.4) is 0 Å². The smallest absolute Gasteiger partial charge is 0.293 e. The lowest BCUT2D eigenvalue weighted by Gasteiger charge is -2.17. The van der Waals surface area contributed by atoms with Gasteiger partial charge in [0, 0.05) is 12.8 Å². The number of rotatable bonds is 0. The van der Waals surface area contributed by atoms with Crippen LogP contribution in [-0.4, -0.2) is 28.1 Å². The van der Waals surface area contributed by atoms with Gasteiger partial charge in [-0.2, -0.15) is 4.99 Å². The van der Waals surface area contributed by atoms with E-state index in [1.54, 1.807) is 0 Å². The molecule has 5 nitrogen and oxygen atoms in total. The third-order valence-corrected chi connectivity index (χ3v) is 3.09. The summed E-state index contributed by atoms with van der Waals surface area (Å²) in [5.41, 5.74) is 0.686. The molecule has 0 atom stereocenters. The average molecular weight is 219 g/mol. The first kappa shape index (κ1) is 9.21. The molecule has 0 saturated carbocycles. The first-order valence-corrected chi connectivity index (χ1v) is 4.89. The Morgan fingerprint density at radius 3 is 2.19 bits per heavy atom. The molecule has 0 bridgehead atoms. The lowest BCUT2D eigenvalue weighted by molar-refractivity contribution is -0.129. The highest BCUT2D eigenvalue weighted by molar-refractivity contribution is 5.96. The van der Waals surface area contributed by atoms with Crippen LogP contribution in [0.1, 0.15) is 11.1 Å². The van der Waals surface area contributed by atoms with Gasteiger partial charge in [0.25, 0.3) is 5.91 Å². The number of nitrogens with zero attached hydrogens (tertiary/aromatic N) is 1. The molecular formula is C11H9NO4. The Balaban J connectivity index is 2.04. The second kappa shape index (κ2) is 2.75. The van der Waals surface area contributed by atoms with Gasteiger partial charge in [-0.15, -0.1) is 0 Å². The van der Waals surface area contributed by atoms with E-state index in [9.17, 15) is 15.0 Å². The van der Waals surface area contributed by atoms with Gasteiger partial charge in [-0.1, -0.05) is 0 Å². The molecule has 1 spiro atoms. The number of carbonyl (C=O) groups is 1. The largest absolute Gasteiger partial charge is 0.504 e. The third kappa shape index (κ3) is 1.05. The molecule has 0 aromatic heterocycles. The van der Waals surface area contributed by atoms with Gasteiger partial charge in [0.1, 0.15) is 0 Å². The zero-order valence-corrected chi connectivity index (χ0v) is 8.30. The van der Waals surface area contributed by atoms with E-state index in [2.05, 4.69) is 4.99 Å². The molecule has 5 heteroatoms. The van der Waals surface area contributed by atoms with Crippen LogP contribution >= 0.6 is 0 Å². The van der Waals surface area contributed by atoms with E-state index in [1.165, 1.54) is 12.1 Å². The van der Waals surface area contributed by atoms with Crippen LogP contribution in [0, 0.1) is 0 Å². The second-order valence-electron chi connectivity index (χ2n) is 4.11. The summed E-state index contributed by atoms with van der Waals surface area (Å²) in [7, 11) is 0. The van der Waals surface area contributed by atoms with Crippen molar-refractivity contribution in [2.45, 2.75) is 18.4 Å². The molecule has 1 aromatic rings. The number of carbonyl (C=O) groups excluding carboxylic acids is 1. The zero-order valence-electron chi connectivity index (χ0n) is 8.30. The Bertz CT molecular complexity index is 490. The van der Waals surface area contributed by atoms with E-state index in [0.717, 1.165) is 17.5 Å². The molecular weight excluding hydrogens is 210 g/mol. The average Bonchev–Trinajstić information content (AvgIpc) is 2.73. The fourth-order valence-corrected chi connectivity index (χ4v) is 2.25. The topological polar surface area (TPSA) is 79.1 Å². The quantitative estimate of drug-likeness (QED) is 0.623. The summed E-state index contributed by atoms with van der Waals surface area (Å²) in [6.45, 7) is 0. The predicted octanol–water partition coefficient (Wildman–Crippen LogP) is 0.520. The van der Waals surface area contributed by atoms with Crippen LogP contribution in [0.5, 0.6) is 11.5 Å². The van der Waals surface area contributed by atoms with Crippen molar-refractivity contribution in [2.24, 2.45) is 4.99 Å². The molecule has 3 rings (SSSR count). The summed E-state index contributed by atoms with van der Waals surface area (Å²) in [5.74, 6) is -0.660. The van der Waals surface area contributed by atoms with Gasteiger partial charge in [0.15, 0.2) is 23.5 Å². The minimum atomic E-state index is -0.942. The second-order valence-corrected chi connectivity index (χ2v) is 4.11. The number of benzene rings is 1. The van der Waals surface area contributed by atoms with E-state index < -0.39 is 5.60 Å². The Labute approximate surface area is 91.0 Å². The fourth-order valence-electron chi connectivity index (χ4n) is 2.25. The molecule has 16 heavy (non-hydrogen) atoms. The van der Waals surface area contributed by atoms with E-state index in [1.807, 2.05) is 0 Å². The Hall–Kier alpha value is -2.04. The fraction of sp³-hybridized carbons (Fsp3) is 0.273. The maximum absolute atomic E-state index is 11.6. The maximum Gasteiger partial charge on any atom is 0.293 e. The molecule has 1 aromatic carbocycles. The van der Waals surface area contributed by atoms with Crippen LogP contribution in [0.4, 0.5) is 0 Å². The Morgan fingerprint density at radius 2 is 1.75 bits per heavy atom. The van der Waals surface area contributed by atoms with Crippen molar-refractivity contribution in [3.63, 3.8) is 0 Å². The number of phenolic OH excluding ortho intramolecular Hbond substituents is 2. The van der Waals surface area contributed by atoms with Crippen LogP contribution in [0.15, 0.2) is 17.1 Å². The Morgan fingerprint density at radius 1 is 1.19 bits per heavy atom. The molecule has 2 N–H and O–H groups in total. The van der Waals surface area contributed by atoms with Gasteiger partial charge >= 0.3 is 0 Å². The van der Waals surface area contributed by atoms with Crippen LogP contribution < -0.4 is 0 Å². The number of aliphatic imine (C=N–C) groups is 1. The van der Waals surface area contributed by atoms with Gasteiger partial charge in [-0.3, -0.25) is 4.79 Å². The molecule has 82 valence electrons. The first-order valence-electron chi connectivity index (χ1n) is 4.89. The minimum absolute atomic E-state index is 0.179. The van der Waals surface area contributed by atoms with E-state index in [4.69, 9.17) is 4.74 Å². The van der Waals surface area contributed by atoms with Gasteiger partial charge in [-0.05, 0) is 23.3 Å². The molecule has 1 heterocycles. The van der Waals surface area contributed by atoms with Crippen molar-refractivity contribution in [3.05, 3.63) is 23.3 Å². The number of hydrogen-bond donors (Lipinski definition) is 2. The van der Waals surface area contributed by atoms with Crippen molar-refractivity contribution < 1.29 is 19.7 Å². The van der Waals surface area contributed by atoms with Crippen molar-refractivity contribution in [1.29, 1.82) is 0 Å². The van der Waals surface area contributed by atoms with Gasteiger partial charge in [0.05, 0.1) is 0 Å². The molecule has 0 unspecified atom stereocenters. The SMILES string of the molecule is O=C1N=COC12Cc1cc(O)c(O)cc1C2. The number of amides is 1. The van der Waals surface area contributed by atoms with Crippen molar-refractivity contribution in [2.75, 3.05) is 0 Å². The summed E-state index contributed by atoms with van der Waals surface area (Å²) in [5, 5.41) is 18.7. The Kier molecular flexibility index (Phi) is 1.58. The highest BCUT2D eigenvalue weighted by Gasteiger charge is 2.48. The summed E-state index contributed by atoms with van der Waals surface area (Å²) < 4.78 is 5.27. The lowest BCUT2D eigenvalue weighted by atomic mass is 10.0. The van der Waals surface area contributed by atoms with Crippen molar-refractivity contribution in [3.8, 4) is 11.5 Å². The number of phenols is 2. The van der Waals surface area contributed by atoms with Crippen LogP contribution in [-0.2, 0) is 22.4 Å². The van der Waals surface area contributed by atoms with Crippen LogP contribution in [0.2, 0.25) is 0 Å². The van der Waals surface area contributed by atoms with E-state index in [-0.39, 0.29) is 17.4 Å². The number of ether oxygens (including phenoxy) is 1. The molecule has 0 radical (unpaired) electrons. The maximum atomic E-state index is 11.6. The number of hydrogen-bond acceptors (Lipinski definition) is 4. The standard InChI is InChI=1S/C11H9NO4/c13-8-1-6-3-11(10(15)12-5-16-11)4-7(6)2-9(8)14/h1-2,5,13-14H,3-4H2. The van der Waals surface area contributed by atoms with Gasteiger partial charge < -0.3 is 14.9 Å². The predicted molar refractivity (Wildman–Crippen MR) is 54.5 cm³/mol. The summed E-state index contributed by atoms with van der Waals surface area (Å²) >= 11 is 0. The summed E-state index contributed by atoms with van der Waals surface area (Å²) in [6, 6.07) is 2.93.